The highest BCUT2D eigenvalue weighted by molar-refractivity contribution is 6.17. The smallest absolute Gasteiger partial charge is 0.125 e. The van der Waals surface area contributed by atoms with Crippen molar-refractivity contribution < 1.29 is 4.39 Å². The van der Waals surface area contributed by atoms with Crippen molar-refractivity contribution in [2.75, 3.05) is 5.88 Å². The fraction of sp³-hybridized carbons (Fsp3) is 0.500. The van der Waals surface area contributed by atoms with Crippen LogP contribution in [0.25, 0.3) is 11.0 Å². The molecule has 1 saturated carbocycles. The van der Waals surface area contributed by atoms with Gasteiger partial charge >= 0.3 is 0 Å². The van der Waals surface area contributed by atoms with Gasteiger partial charge in [-0.3, -0.25) is 0 Å². The lowest BCUT2D eigenvalue weighted by Gasteiger charge is -2.07. The minimum atomic E-state index is -0.184. The van der Waals surface area contributed by atoms with Crippen LogP contribution in [0, 0.1) is 5.82 Å². The summed E-state index contributed by atoms with van der Waals surface area (Å²) in [6.07, 6.45) is 5.35. The first kappa shape index (κ1) is 12.0. The summed E-state index contributed by atoms with van der Waals surface area (Å²) in [5.41, 5.74) is 1.85. The van der Waals surface area contributed by atoms with Crippen LogP contribution in [0.5, 0.6) is 0 Å². The highest BCUT2D eigenvalue weighted by Crippen LogP contribution is 2.39. The van der Waals surface area contributed by atoms with Gasteiger partial charge in [-0.15, -0.1) is 11.6 Å². The molecule has 0 radical (unpaired) electrons. The van der Waals surface area contributed by atoms with Crippen molar-refractivity contribution in [1.29, 1.82) is 0 Å². The number of rotatable bonds is 5. The molecule has 0 N–H and O–H groups in total. The van der Waals surface area contributed by atoms with Crippen LogP contribution in [-0.4, -0.2) is 15.4 Å². The summed E-state index contributed by atoms with van der Waals surface area (Å²) in [6.45, 7) is 0. The number of nitrogens with zero attached hydrogens (tertiary/aromatic N) is 2. The molecule has 3 rings (SSSR count). The van der Waals surface area contributed by atoms with Crippen molar-refractivity contribution >= 4 is 22.6 Å². The molecular weight excluding hydrogens is 251 g/mol. The highest BCUT2D eigenvalue weighted by Gasteiger charge is 2.28. The van der Waals surface area contributed by atoms with E-state index in [-0.39, 0.29) is 5.82 Å². The van der Waals surface area contributed by atoms with E-state index in [1.165, 1.54) is 18.9 Å². The number of unbranched alkanes of at least 4 members (excludes halogenated alkanes) is 1. The van der Waals surface area contributed by atoms with E-state index >= 15 is 0 Å². The second-order valence-electron chi connectivity index (χ2n) is 4.91. The average Bonchev–Trinajstić information content (AvgIpc) is 3.12. The van der Waals surface area contributed by atoms with E-state index in [0.717, 1.165) is 36.1 Å². The van der Waals surface area contributed by atoms with E-state index in [1.807, 2.05) is 0 Å². The minimum Gasteiger partial charge on any atom is -0.325 e. The van der Waals surface area contributed by atoms with Crippen molar-refractivity contribution in [2.45, 2.75) is 38.1 Å². The molecule has 0 spiro atoms. The van der Waals surface area contributed by atoms with Crippen LogP contribution in [0.15, 0.2) is 18.2 Å². The lowest BCUT2D eigenvalue weighted by Crippen LogP contribution is -2.02. The first-order valence-corrected chi connectivity index (χ1v) is 7.05. The number of aromatic nitrogens is 2. The van der Waals surface area contributed by atoms with Crippen LogP contribution in [0.2, 0.25) is 0 Å². The maximum Gasteiger partial charge on any atom is 0.125 e. The Hall–Kier alpha value is -1.09. The van der Waals surface area contributed by atoms with Gasteiger partial charge in [-0.05, 0) is 43.9 Å². The normalized spacial score (nSPS) is 15.4. The number of fused-ring (bicyclic) bond motifs is 1. The Labute approximate surface area is 111 Å². The SMILES string of the molecule is Fc1ccc2nc(CCCCCl)n(C3CC3)c2c1. The Morgan fingerprint density at radius 2 is 2.17 bits per heavy atom. The molecule has 1 heterocycles. The van der Waals surface area contributed by atoms with Crippen molar-refractivity contribution in [3.8, 4) is 0 Å². The number of imidazole rings is 1. The molecule has 4 heteroatoms. The lowest BCUT2D eigenvalue weighted by molar-refractivity contribution is 0.626. The summed E-state index contributed by atoms with van der Waals surface area (Å²) in [5, 5.41) is 0. The maximum absolute atomic E-state index is 13.4. The molecule has 2 nitrogen and oxygen atoms in total. The molecule has 1 aromatic carbocycles. The number of aryl methyl sites for hydroxylation is 1. The Morgan fingerprint density at radius 3 is 2.89 bits per heavy atom. The Bertz CT molecular complexity index is 560. The summed E-state index contributed by atoms with van der Waals surface area (Å²) >= 11 is 5.71. The van der Waals surface area contributed by atoms with E-state index < -0.39 is 0 Å². The summed E-state index contributed by atoms with van der Waals surface area (Å²) < 4.78 is 15.6. The minimum absolute atomic E-state index is 0.184. The topological polar surface area (TPSA) is 17.8 Å². The second kappa shape index (κ2) is 4.88. The van der Waals surface area contributed by atoms with Crippen molar-refractivity contribution in [2.24, 2.45) is 0 Å². The van der Waals surface area contributed by atoms with Crippen molar-refractivity contribution in [1.82, 2.24) is 9.55 Å². The summed E-state index contributed by atoms with van der Waals surface area (Å²) in [7, 11) is 0. The fourth-order valence-corrected chi connectivity index (χ4v) is 2.60. The quantitative estimate of drug-likeness (QED) is 0.589. The predicted molar refractivity (Wildman–Crippen MR) is 71.6 cm³/mol. The third-order valence-electron chi connectivity index (χ3n) is 3.42. The zero-order valence-electron chi connectivity index (χ0n) is 10.2. The largest absolute Gasteiger partial charge is 0.325 e. The molecular formula is C14H16ClFN2. The first-order valence-electron chi connectivity index (χ1n) is 6.52. The molecule has 1 fully saturated rings. The molecule has 0 aliphatic heterocycles. The molecule has 0 saturated heterocycles. The van der Waals surface area contributed by atoms with E-state index in [9.17, 15) is 4.39 Å². The standard InChI is InChI=1S/C14H16ClFN2/c15-8-2-1-3-14-17-12-7-4-10(16)9-13(12)18(14)11-5-6-11/h4,7,9,11H,1-3,5-6,8H2. The first-order chi connectivity index (χ1) is 8.79. The van der Waals surface area contributed by atoms with Crippen molar-refractivity contribution in [3.05, 3.63) is 29.8 Å². The fourth-order valence-electron chi connectivity index (χ4n) is 2.41. The molecule has 2 aromatic rings. The third kappa shape index (κ3) is 2.24. The monoisotopic (exact) mass is 266 g/mol. The Kier molecular flexibility index (Phi) is 3.25. The number of halogens is 2. The molecule has 1 aliphatic carbocycles. The molecule has 0 bridgehead atoms. The number of hydrogen-bond donors (Lipinski definition) is 0. The van der Waals surface area contributed by atoms with Gasteiger partial charge in [0.15, 0.2) is 0 Å². The molecule has 1 aliphatic rings. The lowest BCUT2D eigenvalue weighted by atomic mass is 10.2. The van der Waals surface area contributed by atoms with E-state index in [0.29, 0.717) is 11.9 Å². The molecule has 1 aromatic heterocycles. The van der Waals surface area contributed by atoms with E-state index in [4.69, 9.17) is 11.6 Å². The number of benzene rings is 1. The highest BCUT2D eigenvalue weighted by atomic mass is 35.5. The van der Waals surface area contributed by atoms with Gasteiger partial charge in [0.05, 0.1) is 11.0 Å². The number of alkyl halides is 1. The van der Waals surface area contributed by atoms with Gasteiger partial charge < -0.3 is 4.57 Å². The van der Waals surface area contributed by atoms with Crippen LogP contribution in [0.4, 0.5) is 4.39 Å². The molecule has 0 atom stereocenters. The predicted octanol–water partition coefficient (Wildman–Crippen LogP) is 4.07. The summed E-state index contributed by atoms with van der Waals surface area (Å²) in [4.78, 5) is 4.64. The Morgan fingerprint density at radius 1 is 1.33 bits per heavy atom. The Balaban J connectivity index is 1.98. The molecule has 0 amide bonds. The molecule has 18 heavy (non-hydrogen) atoms. The van der Waals surface area contributed by atoms with Gasteiger partial charge in [-0.1, -0.05) is 0 Å². The van der Waals surface area contributed by atoms with Crippen molar-refractivity contribution in [3.63, 3.8) is 0 Å². The molecule has 0 unspecified atom stereocenters. The van der Waals surface area contributed by atoms with Gasteiger partial charge in [0.25, 0.3) is 0 Å². The average molecular weight is 267 g/mol. The zero-order chi connectivity index (χ0) is 12.5. The summed E-state index contributed by atoms with van der Waals surface area (Å²) in [6, 6.07) is 5.39. The van der Waals surface area contributed by atoms with Crippen LogP contribution in [0.1, 0.15) is 37.5 Å². The summed E-state index contributed by atoms with van der Waals surface area (Å²) in [5.74, 6) is 1.60. The van der Waals surface area contributed by atoms with Gasteiger partial charge in [0, 0.05) is 18.3 Å². The van der Waals surface area contributed by atoms with Gasteiger partial charge in [-0.2, -0.15) is 0 Å². The number of hydrogen-bond acceptors (Lipinski definition) is 1. The van der Waals surface area contributed by atoms with Gasteiger partial charge in [0.1, 0.15) is 11.6 Å². The molecule has 96 valence electrons. The third-order valence-corrected chi connectivity index (χ3v) is 3.69. The van der Waals surface area contributed by atoms with E-state index in [1.54, 1.807) is 12.1 Å². The zero-order valence-corrected chi connectivity index (χ0v) is 11.0. The van der Waals surface area contributed by atoms with Gasteiger partial charge in [0.2, 0.25) is 0 Å². The van der Waals surface area contributed by atoms with Crippen LogP contribution >= 0.6 is 11.6 Å². The van der Waals surface area contributed by atoms with Crippen LogP contribution < -0.4 is 0 Å². The second-order valence-corrected chi connectivity index (χ2v) is 5.29. The van der Waals surface area contributed by atoms with Gasteiger partial charge in [-0.25, -0.2) is 9.37 Å². The maximum atomic E-state index is 13.4. The van der Waals surface area contributed by atoms with Crippen LogP contribution in [-0.2, 0) is 6.42 Å². The van der Waals surface area contributed by atoms with Crippen LogP contribution in [0.3, 0.4) is 0 Å². The van der Waals surface area contributed by atoms with E-state index in [2.05, 4.69) is 9.55 Å².